The van der Waals surface area contributed by atoms with E-state index in [4.69, 9.17) is 5.73 Å². The van der Waals surface area contributed by atoms with Gasteiger partial charge in [0.1, 0.15) is 12.1 Å². The minimum absolute atomic E-state index is 0.223. The molecule has 3 heterocycles. The number of benzene rings is 1. The van der Waals surface area contributed by atoms with Gasteiger partial charge in [0.15, 0.2) is 0 Å². The van der Waals surface area contributed by atoms with Crippen molar-refractivity contribution >= 4 is 22.7 Å². The Morgan fingerprint density at radius 3 is 2.76 bits per heavy atom. The molecule has 0 fully saturated rings. The summed E-state index contributed by atoms with van der Waals surface area (Å²) in [5, 5.41) is 11.2. The summed E-state index contributed by atoms with van der Waals surface area (Å²) in [5.41, 5.74) is 10.6. The van der Waals surface area contributed by atoms with Gasteiger partial charge in [-0.2, -0.15) is 10.1 Å². The SMILES string of the molecule is Cc1cc(-c2ccn[nH]2)cc2nc(N)nc(NCc3cncnc3)c12. The van der Waals surface area contributed by atoms with Crippen LogP contribution in [-0.4, -0.2) is 30.1 Å². The van der Waals surface area contributed by atoms with E-state index in [0.717, 1.165) is 33.3 Å². The number of hydrogen-bond donors (Lipinski definition) is 3. The van der Waals surface area contributed by atoms with E-state index in [1.807, 2.05) is 19.1 Å². The van der Waals surface area contributed by atoms with E-state index in [0.29, 0.717) is 12.4 Å². The molecule has 0 aliphatic heterocycles. The lowest BCUT2D eigenvalue weighted by molar-refractivity contribution is 1.04. The predicted octanol–water partition coefficient (Wildman–Crippen LogP) is 2.31. The largest absolute Gasteiger partial charge is 0.368 e. The molecule has 0 saturated carbocycles. The summed E-state index contributed by atoms with van der Waals surface area (Å²) in [7, 11) is 0. The lowest BCUT2D eigenvalue weighted by atomic mass is 10.0. The number of rotatable bonds is 4. The number of nitrogen functional groups attached to an aromatic ring is 1. The van der Waals surface area contributed by atoms with Gasteiger partial charge in [-0.25, -0.2) is 15.0 Å². The van der Waals surface area contributed by atoms with Crippen molar-refractivity contribution < 1.29 is 0 Å². The molecule has 0 amide bonds. The number of aromatic amines is 1. The lowest BCUT2D eigenvalue weighted by Crippen LogP contribution is -2.06. The van der Waals surface area contributed by atoms with Crippen LogP contribution in [0.3, 0.4) is 0 Å². The molecule has 4 N–H and O–H groups in total. The smallest absolute Gasteiger partial charge is 0.222 e. The lowest BCUT2D eigenvalue weighted by Gasteiger charge is -2.12. The van der Waals surface area contributed by atoms with Crippen molar-refractivity contribution in [2.75, 3.05) is 11.1 Å². The number of hydrogen-bond acceptors (Lipinski definition) is 7. The molecule has 0 saturated heterocycles. The number of nitrogens with zero attached hydrogens (tertiary/aromatic N) is 5. The minimum atomic E-state index is 0.223. The number of nitrogens with two attached hydrogens (primary N) is 1. The van der Waals surface area contributed by atoms with Gasteiger partial charge in [-0.15, -0.1) is 0 Å². The second kappa shape index (κ2) is 6.16. The van der Waals surface area contributed by atoms with Gasteiger partial charge in [0.05, 0.1) is 11.2 Å². The summed E-state index contributed by atoms with van der Waals surface area (Å²) in [6.07, 6.45) is 6.74. The Bertz CT molecular complexity index is 1010. The second-order valence-electron chi connectivity index (χ2n) is 5.69. The Balaban J connectivity index is 1.76. The van der Waals surface area contributed by atoms with Gasteiger partial charge in [-0.3, -0.25) is 5.10 Å². The summed E-state index contributed by atoms with van der Waals surface area (Å²) < 4.78 is 0. The maximum absolute atomic E-state index is 5.91. The quantitative estimate of drug-likeness (QED) is 0.524. The minimum Gasteiger partial charge on any atom is -0.368 e. The van der Waals surface area contributed by atoms with Crippen molar-refractivity contribution in [1.29, 1.82) is 0 Å². The summed E-state index contributed by atoms with van der Waals surface area (Å²) in [6.45, 7) is 2.58. The molecule has 0 aliphatic carbocycles. The third-order valence-corrected chi connectivity index (χ3v) is 3.90. The maximum Gasteiger partial charge on any atom is 0.222 e. The molecule has 3 aromatic heterocycles. The van der Waals surface area contributed by atoms with Gasteiger partial charge in [-0.05, 0) is 30.7 Å². The van der Waals surface area contributed by atoms with Crippen LogP contribution in [0.25, 0.3) is 22.2 Å². The predicted molar refractivity (Wildman–Crippen MR) is 95.6 cm³/mol. The number of aryl methyl sites for hydroxylation is 1. The summed E-state index contributed by atoms with van der Waals surface area (Å²) in [6, 6.07) is 5.97. The first kappa shape index (κ1) is 15.0. The molecule has 25 heavy (non-hydrogen) atoms. The molecule has 0 radical (unpaired) electrons. The molecule has 4 aromatic rings. The van der Waals surface area contributed by atoms with Crippen LogP contribution in [0.15, 0.2) is 43.1 Å². The molecule has 8 nitrogen and oxygen atoms in total. The number of fused-ring (bicyclic) bond motifs is 1. The first-order valence-corrected chi connectivity index (χ1v) is 7.76. The Labute approximate surface area is 143 Å². The fourth-order valence-electron chi connectivity index (χ4n) is 2.79. The highest BCUT2D eigenvalue weighted by molar-refractivity contribution is 5.95. The summed E-state index contributed by atoms with van der Waals surface area (Å²) in [4.78, 5) is 16.8. The fraction of sp³-hybridized carbons (Fsp3) is 0.118. The number of nitrogens with one attached hydrogen (secondary N) is 2. The van der Waals surface area contributed by atoms with Gasteiger partial charge in [0.25, 0.3) is 0 Å². The third kappa shape index (κ3) is 2.97. The number of anilines is 2. The van der Waals surface area contributed by atoms with Gasteiger partial charge in [0, 0.05) is 41.6 Å². The first-order valence-electron chi connectivity index (χ1n) is 7.76. The van der Waals surface area contributed by atoms with Crippen molar-refractivity contribution in [2.24, 2.45) is 0 Å². The zero-order valence-electron chi connectivity index (χ0n) is 13.6. The van der Waals surface area contributed by atoms with E-state index in [-0.39, 0.29) is 5.95 Å². The molecule has 4 rings (SSSR count). The molecule has 0 aliphatic rings. The Morgan fingerprint density at radius 2 is 2.00 bits per heavy atom. The highest BCUT2D eigenvalue weighted by Gasteiger charge is 2.12. The Hall–Kier alpha value is -3.55. The van der Waals surface area contributed by atoms with Crippen molar-refractivity contribution in [1.82, 2.24) is 30.1 Å². The van der Waals surface area contributed by atoms with E-state index >= 15 is 0 Å². The van der Waals surface area contributed by atoms with E-state index in [9.17, 15) is 0 Å². The van der Waals surface area contributed by atoms with Crippen molar-refractivity contribution in [3.8, 4) is 11.3 Å². The van der Waals surface area contributed by atoms with Gasteiger partial charge in [-0.1, -0.05) is 0 Å². The second-order valence-corrected chi connectivity index (χ2v) is 5.69. The number of aromatic nitrogens is 6. The van der Waals surface area contributed by atoms with Crippen LogP contribution in [0.2, 0.25) is 0 Å². The average Bonchev–Trinajstić information content (AvgIpc) is 3.14. The average molecular weight is 332 g/mol. The molecular weight excluding hydrogens is 316 g/mol. The number of H-pyrrole nitrogens is 1. The standard InChI is InChI=1S/C17H16N8/c1-10-4-12(13-2-3-22-25-13)5-14-15(10)16(24-17(18)23-14)21-8-11-6-19-9-20-7-11/h2-7,9H,8H2,1H3,(H,22,25)(H3,18,21,23,24). The first-order chi connectivity index (χ1) is 12.2. The summed E-state index contributed by atoms with van der Waals surface area (Å²) in [5.74, 6) is 0.917. The van der Waals surface area contributed by atoms with E-state index in [2.05, 4.69) is 41.5 Å². The van der Waals surface area contributed by atoms with Gasteiger partial charge >= 0.3 is 0 Å². The molecule has 0 unspecified atom stereocenters. The third-order valence-electron chi connectivity index (χ3n) is 3.90. The van der Waals surface area contributed by atoms with E-state index < -0.39 is 0 Å². The van der Waals surface area contributed by atoms with Gasteiger partial charge in [0.2, 0.25) is 5.95 Å². The molecule has 8 heteroatoms. The Kier molecular flexibility index (Phi) is 3.70. The zero-order valence-corrected chi connectivity index (χ0v) is 13.6. The van der Waals surface area contributed by atoms with Crippen LogP contribution in [0.1, 0.15) is 11.1 Å². The molecule has 0 atom stereocenters. The highest BCUT2D eigenvalue weighted by atomic mass is 15.1. The van der Waals surface area contributed by atoms with Crippen molar-refractivity contribution in [2.45, 2.75) is 13.5 Å². The van der Waals surface area contributed by atoms with Crippen LogP contribution in [0.4, 0.5) is 11.8 Å². The highest BCUT2D eigenvalue weighted by Crippen LogP contribution is 2.30. The van der Waals surface area contributed by atoms with Crippen LogP contribution in [0.5, 0.6) is 0 Å². The van der Waals surface area contributed by atoms with Crippen molar-refractivity contribution in [3.05, 3.63) is 54.2 Å². The molecule has 0 bridgehead atoms. The van der Waals surface area contributed by atoms with E-state index in [1.54, 1.807) is 18.6 Å². The molecule has 124 valence electrons. The molecule has 0 spiro atoms. The molecule has 1 aromatic carbocycles. The van der Waals surface area contributed by atoms with Crippen LogP contribution in [0, 0.1) is 6.92 Å². The monoisotopic (exact) mass is 332 g/mol. The van der Waals surface area contributed by atoms with E-state index in [1.165, 1.54) is 6.33 Å². The van der Waals surface area contributed by atoms with Gasteiger partial charge < -0.3 is 11.1 Å². The summed E-state index contributed by atoms with van der Waals surface area (Å²) >= 11 is 0. The van der Waals surface area contributed by atoms with Crippen molar-refractivity contribution in [3.63, 3.8) is 0 Å². The van der Waals surface area contributed by atoms with Crippen LogP contribution < -0.4 is 11.1 Å². The molecular formula is C17H16N8. The zero-order chi connectivity index (χ0) is 17.2. The van der Waals surface area contributed by atoms with Crippen LogP contribution >= 0.6 is 0 Å². The maximum atomic E-state index is 5.91. The van der Waals surface area contributed by atoms with Crippen LogP contribution in [-0.2, 0) is 6.54 Å². The Morgan fingerprint density at radius 1 is 1.16 bits per heavy atom. The topological polar surface area (TPSA) is 118 Å². The normalized spacial score (nSPS) is 10.9. The fourth-order valence-corrected chi connectivity index (χ4v) is 2.79.